The van der Waals surface area contributed by atoms with Gasteiger partial charge in [-0.05, 0) is 62.0 Å². The first kappa shape index (κ1) is 16.1. The first-order chi connectivity index (χ1) is 11.6. The minimum Gasteiger partial charge on any atom is -0.342 e. The molecule has 3 nitrogen and oxygen atoms in total. The highest BCUT2D eigenvalue weighted by Gasteiger charge is 2.42. The summed E-state index contributed by atoms with van der Waals surface area (Å²) in [6.45, 7) is 4.01. The van der Waals surface area contributed by atoms with Crippen molar-refractivity contribution in [1.29, 1.82) is 0 Å². The van der Waals surface area contributed by atoms with Gasteiger partial charge in [0.05, 0.1) is 0 Å². The number of likely N-dealkylation sites (tertiary alicyclic amines) is 1. The van der Waals surface area contributed by atoms with Crippen LogP contribution in [0.3, 0.4) is 0 Å². The molecule has 4 rings (SSSR count). The molecule has 1 aromatic carbocycles. The molecule has 130 valence electrons. The van der Waals surface area contributed by atoms with Gasteiger partial charge < -0.3 is 10.6 Å². The lowest BCUT2D eigenvalue weighted by molar-refractivity contribution is -0.137. The van der Waals surface area contributed by atoms with Crippen LogP contribution in [0.4, 0.5) is 0 Å². The number of amides is 1. The maximum absolute atomic E-state index is 13.1. The molecule has 3 atom stereocenters. The molecule has 0 spiro atoms. The lowest BCUT2D eigenvalue weighted by Gasteiger charge is -2.44. The third-order valence-corrected chi connectivity index (χ3v) is 6.89. The number of hydrogen-bond acceptors (Lipinski definition) is 2. The number of hydrogen-bond donors (Lipinski definition) is 1. The molecule has 1 saturated heterocycles. The van der Waals surface area contributed by atoms with E-state index in [9.17, 15) is 4.79 Å². The van der Waals surface area contributed by atoms with Crippen molar-refractivity contribution in [2.75, 3.05) is 13.1 Å². The Balaban J connectivity index is 1.42. The fourth-order valence-corrected chi connectivity index (χ4v) is 5.51. The van der Waals surface area contributed by atoms with Gasteiger partial charge in [-0.2, -0.15) is 0 Å². The van der Waals surface area contributed by atoms with E-state index in [1.807, 2.05) is 0 Å². The number of benzene rings is 1. The number of nitrogens with zero attached hydrogens (tertiary/aromatic N) is 1. The second-order valence-electron chi connectivity index (χ2n) is 8.32. The second kappa shape index (κ2) is 6.51. The van der Waals surface area contributed by atoms with Crippen molar-refractivity contribution in [2.45, 2.75) is 57.4 Å². The summed E-state index contributed by atoms with van der Waals surface area (Å²) >= 11 is 0. The van der Waals surface area contributed by atoms with Crippen molar-refractivity contribution in [3.8, 4) is 0 Å². The van der Waals surface area contributed by atoms with Gasteiger partial charge in [0, 0.05) is 31.0 Å². The first-order valence-electron chi connectivity index (χ1n) is 9.73. The molecule has 3 fully saturated rings. The number of rotatable bonds is 2. The van der Waals surface area contributed by atoms with Crippen LogP contribution < -0.4 is 5.73 Å². The summed E-state index contributed by atoms with van der Waals surface area (Å²) in [5.41, 5.74) is 9.17. The van der Waals surface area contributed by atoms with Crippen molar-refractivity contribution in [2.24, 2.45) is 23.5 Å². The molecule has 2 saturated carbocycles. The average Bonchev–Trinajstić information content (AvgIpc) is 3.04. The van der Waals surface area contributed by atoms with Gasteiger partial charge in [-0.15, -0.1) is 0 Å². The van der Waals surface area contributed by atoms with Crippen molar-refractivity contribution in [3.05, 3.63) is 35.4 Å². The predicted octanol–water partition coefficient (Wildman–Crippen LogP) is 3.46. The molecule has 24 heavy (non-hydrogen) atoms. The van der Waals surface area contributed by atoms with Crippen LogP contribution >= 0.6 is 0 Å². The highest BCUT2D eigenvalue weighted by Crippen LogP contribution is 2.43. The van der Waals surface area contributed by atoms with E-state index in [2.05, 4.69) is 36.1 Å². The zero-order valence-electron chi connectivity index (χ0n) is 14.8. The topological polar surface area (TPSA) is 46.3 Å². The molecule has 1 amide bonds. The highest BCUT2D eigenvalue weighted by molar-refractivity contribution is 5.79. The molecule has 2 N–H and O–H groups in total. The highest BCUT2D eigenvalue weighted by atomic mass is 16.2. The lowest BCUT2D eigenvalue weighted by Crippen LogP contribution is -2.49. The molecule has 1 aromatic rings. The van der Waals surface area contributed by atoms with E-state index in [4.69, 9.17) is 5.73 Å². The smallest absolute Gasteiger partial charge is 0.225 e. The molecule has 0 radical (unpaired) electrons. The molecule has 2 bridgehead atoms. The van der Waals surface area contributed by atoms with Gasteiger partial charge in [0.15, 0.2) is 0 Å². The SMILES string of the molecule is Cc1ccccc1C1CCN(C(=O)C2CC3CCCC(C2)C3N)C1. The van der Waals surface area contributed by atoms with Crippen molar-refractivity contribution >= 4 is 5.91 Å². The van der Waals surface area contributed by atoms with Crippen LogP contribution in [0.2, 0.25) is 0 Å². The zero-order valence-corrected chi connectivity index (χ0v) is 14.8. The number of carbonyl (C=O) groups excluding carboxylic acids is 1. The van der Waals surface area contributed by atoms with Crippen LogP contribution in [0.15, 0.2) is 24.3 Å². The van der Waals surface area contributed by atoms with E-state index in [0.29, 0.717) is 29.7 Å². The largest absolute Gasteiger partial charge is 0.342 e. The van der Waals surface area contributed by atoms with Gasteiger partial charge in [0.25, 0.3) is 0 Å². The average molecular weight is 326 g/mol. The van der Waals surface area contributed by atoms with Crippen molar-refractivity contribution in [1.82, 2.24) is 4.90 Å². The quantitative estimate of drug-likeness (QED) is 0.904. The summed E-state index contributed by atoms with van der Waals surface area (Å²) in [6.07, 6.45) is 6.93. The van der Waals surface area contributed by atoms with Crippen LogP contribution in [-0.2, 0) is 4.79 Å². The van der Waals surface area contributed by atoms with E-state index in [1.54, 1.807) is 0 Å². The Morgan fingerprint density at radius 2 is 1.83 bits per heavy atom. The molecule has 0 aromatic heterocycles. The number of aryl methyl sites for hydroxylation is 1. The minimum absolute atomic E-state index is 0.232. The van der Waals surface area contributed by atoms with Crippen LogP contribution in [0, 0.1) is 24.7 Å². The van der Waals surface area contributed by atoms with E-state index in [0.717, 1.165) is 32.4 Å². The van der Waals surface area contributed by atoms with Crippen molar-refractivity contribution in [3.63, 3.8) is 0 Å². The molecule has 1 aliphatic heterocycles. The van der Waals surface area contributed by atoms with Crippen LogP contribution in [-0.4, -0.2) is 29.9 Å². The molecule has 3 aliphatic rings. The zero-order chi connectivity index (χ0) is 16.7. The Labute approximate surface area is 145 Å². The van der Waals surface area contributed by atoms with Gasteiger partial charge in [-0.1, -0.05) is 30.7 Å². The monoisotopic (exact) mass is 326 g/mol. The molecule has 3 heteroatoms. The fourth-order valence-electron chi connectivity index (χ4n) is 5.51. The summed E-state index contributed by atoms with van der Waals surface area (Å²) in [5, 5.41) is 0. The Morgan fingerprint density at radius 3 is 2.54 bits per heavy atom. The Hall–Kier alpha value is -1.35. The normalized spacial score (nSPS) is 35.9. The second-order valence-corrected chi connectivity index (χ2v) is 8.32. The van der Waals surface area contributed by atoms with Crippen LogP contribution in [0.5, 0.6) is 0 Å². The van der Waals surface area contributed by atoms with Crippen molar-refractivity contribution < 1.29 is 4.79 Å². The number of nitrogens with two attached hydrogens (primary N) is 1. The number of fused-ring (bicyclic) bond motifs is 2. The van der Waals surface area contributed by atoms with E-state index >= 15 is 0 Å². The third-order valence-electron chi connectivity index (χ3n) is 6.89. The van der Waals surface area contributed by atoms with E-state index < -0.39 is 0 Å². The summed E-state index contributed by atoms with van der Waals surface area (Å²) < 4.78 is 0. The van der Waals surface area contributed by atoms with Crippen LogP contribution in [0.1, 0.15) is 55.6 Å². The molecule has 1 heterocycles. The Kier molecular flexibility index (Phi) is 4.38. The van der Waals surface area contributed by atoms with Crippen LogP contribution in [0.25, 0.3) is 0 Å². The van der Waals surface area contributed by atoms with E-state index in [1.165, 1.54) is 30.4 Å². The maximum Gasteiger partial charge on any atom is 0.225 e. The minimum atomic E-state index is 0.232. The summed E-state index contributed by atoms with van der Waals surface area (Å²) in [4.78, 5) is 15.2. The summed E-state index contributed by atoms with van der Waals surface area (Å²) in [6, 6.07) is 8.99. The lowest BCUT2D eigenvalue weighted by atomic mass is 9.65. The molecular formula is C21H30N2O. The standard InChI is InChI=1S/C21H30N2O/c1-14-5-2-3-8-19(14)17-9-10-23(13-17)21(24)18-11-15-6-4-7-16(12-18)20(15)22/h2-3,5,8,15-18,20H,4,6-7,9-13,22H2,1H3. The van der Waals surface area contributed by atoms with Gasteiger partial charge in [0.2, 0.25) is 5.91 Å². The van der Waals surface area contributed by atoms with Gasteiger partial charge in [-0.3, -0.25) is 4.79 Å². The molecule has 2 aliphatic carbocycles. The molecular weight excluding hydrogens is 296 g/mol. The Bertz CT molecular complexity index is 600. The summed E-state index contributed by atoms with van der Waals surface area (Å²) in [7, 11) is 0. The first-order valence-corrected chi connectivity index (χ1v) is 9.73. The van der Waals surface area contributed by atoms with Gasteiger partial charge >= 0.3 is 0 Å². The number of carbonyl (C=O) groups is 1. The fraction of sp³-hybridized carbons (Fsp3) is 0.667. The Morgan fingerprint density at radius 1 is 1.12 bits per heavy atom. The van der Waals surface area contributed by atoms with Gasteiger partial charge in [0.1, 0.15) is 0 Å². The summed E-state index contributed by atoms with van der Waals surface area (Å²) in [5.74, 6) is 2.33. The maximum atomic E-state index is 13.1. The third kappa shape index (κ3) is 2.88. The van der Waals surface area contributed by atoms with E-state index in [-0.39, 0.29) is 5.92 Å². The van der Waals surface area contributed by atoms with Gasteiger partial charge in [-0.25, -0.2) is 0 Å². The predicted molar refractivity (Wildman–Crippen MR) is 96.6 cm³/mol. The molecule has 3 unspecified atom stereocenters.